The molecule has 0 radical (unpaired) electrons. The molecule has 0 spiro atoms. The number of carbonyl (C=O) groups excluding carboxylic acids is 1. The van der Waals surface area contributed by atoms with Crippen molar-refractivity contribution in [1.29, 1.82) is 0 Å². The van der Waals surface area contributed by atoms with Crippen molar-refractivity contribution in [3.05, 3.63) is 76.7 Å². The minimum absolute atomic E-state index is 0.154. The molecular weight excluding hydrogens is 364 g/mol. The van der Waals surface area contributed by atoms with Crippen molar-refractivity contribution in [2.24, 2.45) is 0 Å². The largest absolute Gasteiger partial charge is 0.495 e. The van der Waals surface area contributed by atoms with E-state index in [-0.39, 0.29) is 23.2 Å². The van der Waals surface area contributed by atoms with Gasteiger partial charge in [-0.05, 0) is 42.8 Å². The molecule has 0 bridgehead atoms. The predicted molar refractivity (Wildman–Crippen MR) is 99.1 cm³/mol. The summed E-state index contributed by atoms with van der Waals surface area (Å²) in [6, 6.07) is 8.44. The Morgan fingerprint density at radius 3 is 2.54 bits per heavy atom. The van der Waals surface area contributed by atoms with Crippen LogP contribution in [0.15, 0.2) is 42.6 Å². The Morgan fingerprint density at radius 2 is 1.89 bits per heavy atom. The van der Waals surface area contributed by atoms with Crippen LogP contribution in [0.25, 0.3) is 11.3 Å². The summed E-state index contributed by atoms with van der Waals surface area (Å²) in [6.45, 7) is 1.79. The summed E-state index contributed by atoms with van der Waals surface area (Å²) in [4.78, 5) is 21.2. The van der Waals surface area contributed by atoms with Gasteiger partial charge in [0.2, 0.25) is 0 Å². The highest BCUT2D eigenvalue weighted by molar-refractivity contribution is 6.00. The monoisotopic (exact) mass is 381 g/mol. The van der Waals surface area contributed by atoms with Crippen LogP contribution >= 0.6 is 0 Å². The van der Waals surface area contributed by atoms with Crippen molar-refractivity contribution >= 4 is 5.91 Å². The molecule has 3 aromatic rings. The third-order valence-electron chi connectivity index (χ3n) is 4.74. The number of hydrogen-bond acceptors (Lipinski definition) is 4. The number of nitrogens with one attached hydrogen (secondary N) is 1. The first-order valence-corrected chi connectivity index (χ1v) is 8.76. The van der Waals surface area contributed by atoms with Crippen LogP contribution in [-0.2, 0) is 6.42 Å². The average Bonchev–Trinajstić information content (AvgIpc) is 2.96. The molecule has 3 heterocycles. The summed E-state index contributed by atoms with van der Waals surface area (Å²) < 4.78 is 33.7. The van der Waals surface area contributed by atoms with Gasteiger partial charge in [0.1, 0.15) is 17.4 Å². The van der Waals surface area contributed by atoms with E-state index in [1.807, 2.05) is 0 Å². The zero-order valence-electron chi connectivity index (χ0n) is 15.3. The molecule has 1 aliphatic rings. The summed E-state index contributed by atoms with van der Waals surface area (Å²) >= 11 is 0. The van der Waals surface area contributed by atoms with Gasteiger partial charge in [-0.1, -0.05) is 6.07 Å². The standard InChI is InChI=1S/C21H17F2N3O2/c1-11-20-18(21(27)25-11)12(8-13-6-7-14(28-2)10-24-13)9-17(26-20)19-15(22)4-3-5-16(19)23/h3-7,9-11H,8H2,1-2H3,(H,25,27)/t11-/m0/s1. The van der Waals surface area contributed by atoms with Crippen molar-refractivity contribution in [2.75, 3.05) is 7.11 Å². The van der Waals surface area contributed by atoms with Crippen molar-refractivity contribution < 1.29 is 18.3 Å². The minimum Gasteiger partial charge on any atom is -0.495 e. The van der Waals surface area contributed by atoms with Gasteiger partial charge >= 0.3 is 0 Å². The lowest BCUT2D eigenvalue weighted by atomic mass is 9.97. The molecule has 0 saturated heterocycles. The maximum atomic E-state index is 14.3. The number of halogens is 2. The van der Waals surface area contributed by atoms with Gasteiger partial charge in [0.15, 0.2) is 0 Å². The molecule has 1 atom stereocenters. The van der Waals surface area contributed by atoms with Crippen molar-refractivity contribution in [3.63, 3.8) is 0 Å². The number of pyridine rings is 2. The van der Waals surface area contributed by atoms with Crippen LogP contribution in [0.5, 0.6) is 5.75 Å². The van der Waals surface area contributed by atoms with Gasteiger partial charge in [0, 0.05) is 12.1 Å². The zero-order chi connectivity index (χ0) is 19.8. The highest BCUT2D eigenvalue weighted by Gasteiger charge is 2.31. The van der Waals surface area contributed by atoms with Gasteiger partial charge in [0.05, 0.1) is 41.9 Å². The Kier molecular flexibility index (Phi) is 4.50. The lowest BCUT2D eigenvalue weighted by Crippen LogP contribution is -2.17. The first-order valence-electron chi connectivity index (χ1n) is 8.76. The van der Waals surface area contributed by atoms with E-state index in [1.54, 1.807) is 38.4 Å². The van der Waals surface area contributed by atoms with Crippen molar-refractivity contribution in [2.45, 2.75) is 19.4 Å². The summed E-state index contributed by atoms with van der Waals surface area (Å²) in [6.07, 6.45) is 1.90. The lowest BCUT2D eigenvalue weighted by Gasteiger charge is -2.12. The molecular formula is C21H17F2N3O2. The molecule has 1 amide bonds. The third-order valence-corrected chi connectivity index (χ3v) is 4.74. The molecule has 1 aromatic carbocycles. The van der Waals surface area contributed by atoms with Crippen LogP contribution in [0.1, 0.15) is 40.3 Å². The minimum atomic E-state index is -0.703. The Hall–Kier alpha value is -3.35. The molecule has 142 valence electrons. The number of ether oxygens (including phenoxy) is 1. The normalized spacial score (nSPS) is 15.3. The van der Waals surface area contributed by atoms with Crippen LogP contribution in [-0.4, -0.2) is 23.0 Å². The Morgan fingerprint density at radius 1 is 1.14 bits per heavy atom. The van der Waals surface area contributed by atoms with E-state index in [1.165, 1.54) is 18.2 Å². The SMILES string of the molecule is COc1ccc(Cc2cc(-c3c(F)cccc3F)nc3c2C(=O)N[C@H]3C)nc1. The topological polar surface area (TPSA) is 64.1 Å². The third kappa shape index (κ3) is 3.09. The van der Waals surface area contributed by atoms with E-state index >= 15 is 0 Å². The quantitative estimate of drug-likeness (QED) is 0.746. The van der Waals surface area contributed by atoms with E-state index in [2.05, 4.69) is 15.3 Å². The molecule has 0 aliphatic carbocycles. The molecule has 1 N–H and O–H groups in total. The summed E-state index contributed by atoms with van der Waals surface area (Å²) in [5, 5.41) is 2.81. The van der Waals surface area contributed by atoms with Crippen molar-refractivity contribution in [3.8, 4) is 17.0 Å². The van der Waals surface area contributed by atoms with Crippen LogP contribution in [0.3, 0.4) is 0 Å². The number of rotatable bonds is 4. The highest BCUT2D eigenvalue weighted by Crippen LogP contribution is 2.33. The first-order chi connectivity index (χ1) is 13.5. The molecule has 7 heteroatoms. The fraction of sp³-hybridized carbons (Fsp3) is 0.190. The molecule has 1 aliphatic heterocycles. The maximum Gasteiger partial charge on any atom is 0.254 e. The van der Waals surface area contributed by atoms with E-state index < -0.39 is 11.6 Å². The van der Waals surface area contributed by atoms with Gasteiger partial charge in [-0.25, -0.2) is 13.8 Å². The van der Waals surface area contributed by atoms with E-state index in [4.69, 9.17) is 4.74 Å². The molecule has 4 rings (SSSR count). The number of aromatic nitrogens is 2. The number of amides is 1. The summed E-state index contributed by atoms with van der Waals surface area (Å²) in [5.41, 5.74) is 2.17. The second kappa shape index (κ2) is 6.99. The summed E-state index contributed by atoms with van der Waals surface area (Å²) in [5.74, 6) is -1.04. The van der Waals surface area contributed by atoms with Gasteiger partial charge < -0.3 is 10.1 Å². The number of carbonyl (C=O) groups is 1. The van der Waals surface area contributed by atoms with Gasteiger partial charge in [-0.2, -0.15) is 0 Å². The Balaban J connectivity index is 1.86. The number of methoxy groups -OCH3 is 1. The number of hydrogen-bond donors (Lipinski definition) is 1. The second-order valence-electron chi connectivity index (χ2n) is 6.58. The molecule has 0 fully saturated rings. The van der Waals surface area contributed by atoms with Crippen LogP contribution < -0.4 is 10.1 Å². The fourth-order valence-corrected chi connectivity index (χ4v) is 3.37. The molecule has 5 nitrogen and oxygen atoms in total. The van der Waals surface area contributed by atoms with Gasteiger partial charge in [-0.15, -0.1) is 0 Å². The number of nitrogens with zero attached hydrogens (tertiary/aromatic N) is 2. The van der Waals surface area contributed by atoms with E-state index in [9.17, 15) is 13.6 Å². The molecule has 28 heavy (non-hydrogen) atoms. The number of benzene rings is 1. The maximum absolute atomic E-state index is 14.3. The molecule has 2 aromatic heterocycles. The molecule has 0 saturated carbocycles. The predicted octanol–water partition coefficient (Wildman–Crippen LogP) is 3.83. The van der Waals surface area contributed by atoms with Crippen LogP contribution in [0, 0.1) is 11.6 Å². The zero-order valence-corrected chi connectivity index (χ0v) is 15.3. The Labute approximate surface area is 160 Å². The van der Waals surface area contributed by atoms with Crippen molar-refractivity contribution in [1.82, 2.24) is 15.3 Å². The van der Waals surface area contributed by atoms with Crippen LogP contribution in [0.2, 0.25) is 0 Å². The Bertz CT molecular complexity index is 1050. The van der Waals surface area contributed by atoms with E-state index in [0.29, 0.717) is 34.7 Å². The van der Waals surface area contributed by atoms with Crippen LogP contribution in [0.4, 0.5) is 8.78 Å². The summed E-state index contributed by atoms with van der Waals surface area (Å²) in [7, 11) is 1.55. The molecule has 0 unspecified atom stereocenters. The highest BCUT2D eigenvalue weighted by atomic mass is 19.1. The number of fused-ring (bicyclic) bond motifs is 1. The van der Waals surface area contributed by atoms with E-state index in [0.717, 1.165) is 0 Å². The second-order valence-corrected chi connectivity index (χ2v) is 6.58. The lowest BCUT2D eigenvalue weighted by molar-refractivity contribution is 0.0958. The smallest absolute Gasteiger partial charge is 0.254 e. The average molecular weight is 381 g/mol. The fourth-order valence-electron chi connectivity index (χ4n) is 3.37. The van der Waals surface area contributed by atoms with Gasteiger partial charge in [-0.3, -0.25) is 9.78 Å². The van der Waals surface area contributed by atoms with Gasteiger partial charge in [0.25, 0.3) is 5.91 Å². The first kappa shape index (κ1) is 18.0.